The SMILES string of the molecule is CCC(CO)(CCCN(C)c1ccccc1C)NC. The highest BCUT2D eigenvalue weighted by Gasteiger charge is 2.24. The molecule has 0 spiro atoms. The van der Waals surface area contributed by atoms with Gasteiger partial charge in [0.05, 0.1) is 6.61 Å². The number of aliphatic hydroxyl groups excluding tert-OH is 1. The molecule has 0 heterocycles. The summed E-state index contributed by atoms with van der Waals surface area (Å²) in [5.74, 6) is 0. The van der Waals surface area contributed by atoms with E-state index in [4.69, 9.17) is 0 Å². The Bertz CT molecular complexity index is 367. The predicted molar refractivity (Wildman–Crippen MR) is 82.9 cm³/mol. The average Bonchev–Trinajstić information content (AvgIpc) is 2.44. The molecular weight excluding hydrogens is 236 g/mol. The van der Waals surface area contributed by atoms with Crippen molar-refractivity contribution in [1.29, 1.82) is 0 Å². The normalized spacial score (nSPS) is 14.2. The minimum absolute atomic E-state index is 0.118. The summed E-state index contributed by atoms with van der Waals surface area (Å²) in [5.41, 5.74) is 2.48. The smallest absolute Gasteiger partial charge is 0.0613 e. The molecule has 3 nitrogen and oxygen atoms in total. The summed E-state index contributed by atoms with van der Waals surface area (Å²) in [6, 6.07) is 8.45. The molecule has 0 aliphatic carbocycles. The molecule has 0 amide bonds. The Balaban J connectivity index is 2.51. The van der Waals surface area contributed by atoms with Crippen molar-refractivity contribution < 1.29 is 5.11 Å². The Morgan fingerprint density at radius 1 is 1.32 bits per heavy atom. The average molecular weight is 264 g/mol. The molecule has 2 N–H and O–H groups in total. The minimum atomic E-state index is -0.118. The molecule has 0 aliphatic heterocycles. The number of anilines is 1. The lowest BCUT2D eigenvalue weighted by Gasteiger charge is -2.31. The van der Waals surface area contributed by atoms with Gasteiger partial charge in [0.15, 0.2) is 0 Å². The molecule has 0 bridgehead atoms. The summed E-state index contributed by atoms with van der Waals surface area (Å²) in [5, 5.41) is 12.8. The Morgan fingerprint density at radius 2 is 2.00 bits per heavy atom. The van der Waals surface area contributed by atoms with Crippen molar-refractivity contribution in [2.45, 2.75) is 38.6 Å². The van der Waals surface area contributed by atoms with E-state index in [1.807, 2.05) is 7.05 Å². The fraction of sp³-hybridized carbons (Fsp3) is 0.625. The molecule has 19 heavy (non-hydrogen) atoms. The maximum absolute atomic E-state index is 9.53. The third-order valence-corrected chi connectivity index (χ3v) is 4.19. The van der Waals surface area contributed by atoms with Crippen LogP contribution in [0.3, 0.4) is 0 Å². The quantitative estimate of drug-likeness (QED) is 0.757. The van der Waals surface area contributed by atoms with E-state index in [1.165, 1.54) is 11.3 Å². The summed E-state index contributed by atoms with van der Waals surface area (Å²) in [6.45, 7) is 5.48. The van der Waals surface area contributed by atoms with Gasteiger partial charge in [0.1, 0.15) is 0 Å². The van der Waals surface area contributed by atoms with Crippen LogP contribution >= 0.6 is 0 Å². The molecule has 0 saturated heterocycles. The molecule has 3 heteroatoms. The number of aryl methyl sites for hydroxylation is 1. The molecule has 1 rings (SSSR count). The van der Waals surface area contributed by atoms with Gasteiger partial charge >= 0.3 is 0 Å². The largest absolute Gasteiger partial charge is 0.394 e. The van der Waals surface area contributed by atoms with E-state index in [-0.39, 0.29) is 12.1 Å². The van der Waals surface area contributed by atoms with Crippen LogP contribution in [-0.2, 0) is 0 Å². The zero-order chi connectivity index (χ0) is 14.3. The van der Waals surface area contributed by atoms with Gasteiger partial charge in [-0.25, -0.2) is 0 Å². The Labute approximate surface area is 117 Å². The number of para-hydroxylation sites is 1. The Morgan fingerprint density at radius 3 is 2.53 bits per heavy atom. The van der Waals surface area contributed by atoms with Crippen molar-refractivity contribution in [2.24, 2.45) is 0 Å². The van der Waals surface area contributed by atoms with E-state index in [0.717, 1.165) is 25.8 Å². The number of aliphatic hydroxyl groups is 1. The van der Waals surface area contributed by atoms with Crippen molar-refractivity contribution >= 4 is 5.69 Å². The van der Waals surface area contributed by atoms with E-state index in [1.54, 1.807) is 0 Å². The first kappa shape index (κ1) is 16.0. The van der Waals surface area contributed by atoms with Gasteiger partial charge in [0.25, 0.3) is 0 Å². The van der Waals surface area contributed by atoms with E-state index >= 15 is 0 Å². The molecule has 1 atom stereocenters. The second-order valence-electron chi connectivity index (χ2n) is 5.35. The van der Waals surface area contributed by atoms with Gasteiger partial charge in [-0.2, -0.15) is 0 Å². The van der Waals surface area contributed by atoms with Gasteiger partial charge in [-0.3, -0.25) is 0 Å². The number of hydrogen-bond donors (Lipinski definition) is 2. The fourth-order valence-corrected chi connectivity index (χ4v) is 2.52. The standard InChI is InChI=1S/C16H28N2O/c1-5-16(13-19,17-3)11-8-12-18(4)15-10-7-6-9-14(15)2/h6-7,9-10,17,19H,5,8,11-13H2,1-4H3. The van der Waals surface area contributed by atoms with Crippen LogP contribution in [0.15, 0.2) is 24.3 Å². The molecule has 0 aromatic heterocycles. The van der Waals surface area contributed by atoms with Gasteiger partial charge in [-0.05, 0) is 44.9 Å². The molecular formula is C16H28N2O. The molecule has 0 radical (unpaired) electrons. The number of nitrogens with one attached hydrogen (secondary N) is 1. The number of nitrogens with zero attached hydrogens (tertiary/aromatic N) is 1. The van der Waals surface area contributed by atoms with Crippen molar-refractivity contribution in [2.75, 3.05) is 32.1 Å². The number of likely N-dealkylation sites (N-methyl/N-ethyl adjacent to an activating group) is 1. The third kappa shape index (κ3) is 4.22. The predicted octanol–water partition coefficient (Wildman–Crippen LogP) is 2.57. The number of benzene rings is 1. The van der Waals surface area contributed by atoms with Crippen LogP contribution in [0.2, 0.25) is 0 Å². The van der Waals surface area contributed by atoms with Crippen molar-refractivity contribution in [3.05, 3.63) is 29.8 Å². The van der Waals surface area contributed by atoms with Crippen LogP contribution in [0.5, 0.6) is 0 Å². The first-order valence-corrected chi connectivity index (χ1v) is 7.15. The second-order valence-corrected chi connectivity index (χ2v) is 5.35. The lowest BCUT2D eigenvalue weighted by Crippen LogP contribution is -2.46. The van der Waals surface area contributed by atoms with Crippen molar-refractivity contribution in [3.8, 4) is 0 Å². The van der Waals surface area contributed by atoms with Gasteiger partial charge in [0, 0.05) is 24.8 Å². The number of rotatable bonds is 8. The van der Waals surface area contributed by atoms with E-state index in [0.29, 0.717) is 0 Å². The van der Waals surface area contributed by atoms with E-state index in [2.05, 4.69) is 55.4 Å². The van der Waals surface area contributed by atoms with E-state index in [9.17, 15) is 5.11 Å². The molecule has 1 unspecified atom stereocenters. The van der Waals surface area contributed by atoms with Crippen LogP contribution in [0.1, 0.15) is 31.7 Å². The summed E-state index contributed by atoms with van der Waals surface area (Å²) >= 11 is 0. The highest BCUT2D eigenvalue weighted by atomic mass is 16.3. The highest BCUT2D eigenvalue weighted by Crippen LogP contribution is 2.20. The molecule has 0 fully saturated rings. The number of hydrogen-bond acceptors (Lipinski definition) is 3. The first-order chi connectivity index (χ1) is 9.08. The maximum atomic E-state index is 9.53. The Kier molecular flexibility index (Phi) is 6.32. The monoisotopic (exact) mass is 264 g/mol. The zero-order valence-corrected chi connectivity index (χ0v) is 12.7. The lowest BCUT2D eigenvalue weighted by molar-refractivity contribution is 0.153. The highest BCUT2D eigenvalue weighted by molar-refractivity contribution is 5.52. The summed E-state index contributed by atoms with van der Waals surface area (Å²) in [6.07, 6.45) is 3.01. The van der Waals surface area contributed by atoms with Crippen LogP contribution < -0.4 is 10.2 Å². The van der Waals surface area contributed by atoms with Crippen LogP contribution in [0, 0.1) is 6.92 Å². The topological polar surface area (TPSA) is 35.5 Å². The van der Waals surface area contributed by atoms with Gasteiger partial charge < -0.3 is 15.3 Å². The van der Waals surface area contributed by atoms with Crippen molar-refractivity contribution in [3.63, 3.8) is 0 Å². The first-order valence-electron chi connectivity index (χ1n) is 7.15. The Hall–Kier alpha value is -1.06. The zero-order valence-electron chi connectivity index (χ0n) is 12.7. The van der Waals surface area contributed by atoms with Gasteiger partial charge in [-0.1, -0.05) is 25.1 Å². The minimum Gasteiger partial charge on any atom is -0.394 e. The van der Waals surface area contributed by atoms with Crippen LogP contribution in [0.4, 0.5) is 5.69 Å². The van der Waals surface area contributed by atoms with Gasteiger partial charge in [0.2, 0.25) is 0 Å². The molecule has 1 aromatic carbocycles. The molecule has 1 aromatic rings. The van der Waals surface area contributed by atoms with Gasteiger partial charge in [-0.15, -0.1) is 0 Å². The van der Waals surface area contributed by atoms with E-state index < -0.39 is 0 Å². The summed E-state index contributed by atoms with van der Waals surface area (Å²) < 4.78 is 0. The lowest BCUT2D eigenvalue weighted by atomic mass is 9.91. The maximum Gasteiger partial charge on any atom is 0.0613 e. The summed E-state index contributed by atoms with van der Waals surface area (Å²) in [4.78, 5) is 2.29. The van der Waals surface area contributed by atoms with Crippen LogP contribution in [0.25, 0.3) is 0 Å². The second kappa shape index (κ2) is 7.51. The third-order valence-electron chi connectivity index (χ3n) is 4.19. The molecule has 0 saturated carbocycles. The summed E-state index contributed by atoms with van der Waals surface area (Å²) in [7, 11) is 4.07. The van der Waals surface area contributed by atoms with Crippen molar-refractivity contribution in [1.82, 2.24) is 5.32 Å². The molecule has 0 aliphatic rings. The van der Waals surface area contributed by atoms with Crippen LogP contribution in [-0.4, -0.2) is 37.9 Å². The molecule has 108 valence electrons. The fourth-order valence-electron chi connectivity index (χ4n) is 2.52.